The zero-order valence-electron chi connectivity index (χ0n) is 12.5. The molecule has 6 nitrogen and oxygen atoms in total. The van der Waals surface area contributed by atoms with Crippen LogP contribution in [0.5, 0.6) is 11.5 Å². The Morgan fingerprint density at radius 3 is 2.29 bits per heavy atom. The number of hydrogen-bond donors (Lipinski definition) is 2. The van der Waals surface area contributed by atoms with E-state index >= 15 is 0 Å². The fourth-order valence-electron chi connectivity index (χ4n) is 2.43. The van der Waals surface area contributed by atoms with Crippen LogP contribution in [0.15, 0.2) is 18.2 Å². The highest BCUT2D eigenvalue weighted by atomic mass is 16.5. The Labute approximate surface area is 124 Å². The second kappa shape index (κ2) is 6.78. The minimum Gasteiger partial charge on any atom is -0.497 e. The largest absolute Gasteiger partial charge is 0.497 e. The molecule has 3 N–H and O–H groups in total. The van der Waals surface area contributed by atoms with E-state index in [4.69, 9.17) is 19.9 Å². The fourth-order valence-corrected chi connectivity index (χ4v) is 2.43. The van der Waals surface area contributed by atoms with Crippen LogP contribution in [-0.2, 0) is 9.53 Å². The van der Waals surface area contributed by atoms with Gasteiger partial charge < -0.3 is 25.3 Å². The molecule has 1 heterocycles. The van der Waals surface area contributed by atoms with Gasteiger partial charge in [0, 0.05) is 43.6 Å². The Bertz CT molecular complexity index is 476. The first-order valence-corrected chi connectivity index (χ1v) is 6.96. The van der Waals surface area contributed by atoms with Crippen molar-refractivity contribution in [1.29, 1.82) is 0 Å². The van der Waals surface area contributed by atoms with Gasteiger partial charge in [-0.2, -0.15) is 0 Å². The number of methoxy groups -OCH3 is 2. The van der Waals surface area contributed by atoms with Crippen LogP contribution in [0.3, 0.4) is 0 Å². The lowest BCUT2D eigenvalue weighted by atomic mass is 9.79. The quantitative estimate of drug-likeness (QED) is 0.857. The molecule has 0 atom stereocenters. The molecular formula is C15H22N2O4. The number of nitrogens with one attached hydrogen (secondary N) is 1. The van der Waals surface area contributed by atoms with Crippen LogP contribution in [0.2, 0.25) is 0 Å². The maximum absolute atomic E-state index is 12.6. The van der Waals surface area contributed by atoms with Crippen LogP contribution < -0.4 is 20.5 Å². The number of amides is 1. The molecule has 1 aromatic rings. The third-order valence-electron chi connectivity index (χ3n) is 3.93. The average Bonchev–Trinajstić information content (AvgIpc) is 2.54. The summed E-state index contributed by atoms with van der Waals surface area (Å²) in [5.74, 6) is 1.17. The van der Waals surface area contributed by atoms with Gasteiger partial charge in [0.05, 0.1) is 19.6 Å². The molecule has 0 aliphatic carbocycles. The lowest BCUT2D eigenvalue weighted by Gasteiger charge is -2.34. The van der Waals surface area contributed by atoms with E-state index in [1.807, 2.05) is 0 Å². The molecule has 1 aliphatic rings. The van der Waals surface area contributed by atoms with Crippen LogP contribution >= 0.6 is 0 Å². The Hall–Kier alpha value is -1.79. The number of carbonyl (C=O) groups excluding carboxylic acids is 1. The van der Waals surface area contributed by atoms with Crippen molar-refractivity contribution in [2.75, 3.05) is 39.3 Å². The predicted octanol–water partition coefficient (Wildman–Crippen LogP) is 1.40. The highest BCUT2D eigenvalue weighted by molar-refractivity contribution is 5.96. The number of ether oxygens (including phenoxy) is 3. The van der Waals surface area contributed by atoms with Gasteiger partial charge in [0.2, 0.25) is 5.91 Å². The lowest BCUT2D eigenvalue weighted by molar-refractivity contribution is -0.130. The van der Waals surface area contributed by atoms with Crippen molar-refractivity contribution in [2.24, 2.45) is 11.1 Å². The molecule has 0 bridgehead atoms. The highest BCUT2D eigenvalue weighted by Crippen LogP contribution is 2.32. The smallest absolute Gasteiger partial charge is 0.232 e. The summed E-state index contributed by atoms with van der Waals surface area (Å²) in [6.07, 6.45) is 1.27. The molecule has 0 spiro atoms. The van der Waals surface area contributed by atoms with E-state index < -0.39 is 5.41 Å². The number of benzene rings is 1. The van der Waals surface area contributed by atoms with Crippen molar-refractivity contribution in [3.8, 4) is 11.5 Å². The number of carbonyl (C=O) groups is 1. The second-order valence-corrected chi connectivity index (χ2v) is 5.15. The van der Waals surface area contributed by atoms with Crippen molar-refractivity contribution in [3.63, 3.8) is 0 Å². The summed E-state index contributed by atoms with van der Waals surface area (Å²) < 4.78 is 15.7. The molecule has 21 heavy (non-hydrogen) atoms. The minimum atomic E-state index is -0.561. The van der Waals surface area contributed by atoms with Gasteiger partial charge in [-0.05, 0) is 12.8 Å². The standard InChI is InChI=1S/C15H22N2O4/c1-19-12-7-11(8-13(9-12)20-2)17-14(18)15(10-16)3-5-21-6-4-15/h7-9H,3-6,10,16H2,1-2H3,(H,17,18). The van der Waals surface area contributed by atoms with E-state index in [0.717, 1.165) is 0 Å². The van der Waals surface area contributed by atoms with E-state index in [1.165, 1.54) is 0 Å². The fraction of sp³-hybridized carbons (Fsp3) is 0.533. The Kier molecular flexibility index (Phi) is 5.03. The van der Waals surface area contributed by atoms with Gasteiger partial charge in [-0.1, -0.05) is 0 Å². The minimum absolute atomic E-state index is 0.0800. The molecule has 2 rings (SSSR count). The SMILES string of the molecule is COc1cc(NC(=O)C2(CN)CCOCC2)cc(OC)c1. The first-order chi connectivity index (χ1) is 10.1. The summed E-state index contributed by atoms with van der Waals surface area (Å²) in [5.41, 5.74) is 5.91. The summed E-state index contributed by atoms with van der Waals surface area (Å²) in [6, 6.07) is 5.26. The average molecular weight is 294 g/mol. The topological polar surface area (TPSA) is 82.8 Å². The van der Waals surface area contributed by atoms with E-state index in [1.54, 1.807) is 32.4 Å². The number of nitrogens with two attached hydrogens (primary N) is 1. The number of anilines is 1. The third-order valence-corrected chi connectivity index (χ3v) is 3.93. The summed E-state index contributed by atoms with van der Waals surface area (Å²) in [5, 5.41) is 2.92. The monoisotopic (exact) mass is 294 g/mol. The molecule has 1 fully saturated rings. The highest BCUT2D eigenvalue weighted by Gasteiger charge is 2.38. The number of rotatable bonds is 5. The molecule has 0 aromatic heterocycles. The Balaban J connectivity index is 2.18. The van der Waals surface area contributed by atoms with E-state index in [9.17, 15) is 4.79 Å². The van der Waals surface area contributed by atoms with Gasteiger partial charge in [0.15, 0.2) is 0 Å². The van der Waals surface area contributed by atoms with Crippen LogP contribution in [0, 0.1) is 5.41 Å². The Morgan fingerprint density at radius 2 is 1.81 bits per heavy atom. The van der Waals surface area contributed by atoms with Gasteiger partial charge in [-0.3, -0.25) is 4.79 Å². The molecule has 1 amide bonds. The molecule has 6 heteroatoms. The summed E-state index contributed by atoms with van der Waals surface area (Å²) >= 11 is 0. The molecule has 1 aliphatic heterocycles. The van der Waals surface area contributed by atoms with E-state index in [-0.39, 0.29) is 5.91 Å². The van der Waals surface area contributed by atoms with Crippen LogP contribution in [0.4, 0.5) is 5.69 Å². The predicted molar refractivity (Wildman–Crippen MR) is 79.7 cm³/mol. The van der Waals surface area contributed by atoms with Gasteiger partial charge in [0.1, 0.15) is 11.5 Å². The second-order valence-electron chi connectivity index (χ2n) is 5.15. The van der Waals surface area contributed by atoms with Crippen LogP contribution in [-0.4, -0.2) is 39.9 Å². The summed E-state index contributed by atoms with van der Waals surface area (Å²) in [6.45, 7) is 1.43. The van der Waals surface area contributed by atoms with Crippen molar-refractivity contribution in [2.45, 2.75) is 12.8 Å². The van der Waals surface area contributed by atoms with Gasteiger partial charge in [0.25, 0.3) is 0 Å². The van der Waals surface area contributed by atoms with Crippen molar-refractivity contribution in [1.82, 2.24) is 0 Å². The van der Waals surface area contributed by atoms with Crippen molar-refractivity contribution < 1.29 is 19.0 Å². The van der Waals surface area contributed by atoms with Gasteiger partial charge in [-0.25, -0.2) is 0 Å². The zero-order chi connectivity index (χ0) is 15.3. The maximum atomic E-state index is 12.6. The first-order valence-electron chi connectivity index (χ1n) is 6.96. The van der Waals surface area contributed by atoms with Crippen molar-refractivity contribution >= 4 is 11.6 Å². The van der Waals surface area contributed by atoms with Gasteiger partial charge >= 0.3 is 0 Å². The molecule has 0 saturated carbocycles. The Morgan fingerprint density at radius 1 is 1.24 bits per heavy atom. The van der Waals surface area contributed by atoms with Crippen LogP contribution in [0.1, 0.15) is 12.8 Å². The van der Waals surface area contributed by atoms with Crippen LogP contribution in [0.25, 0.3) is 0 Å². The third kappa shape index (κ3) is 3.46. The van der Waals surface area contributed by atoms with E-state index in [0.29, 0.717) is 49.8 Å². The molecular weight excluding hydrogens is 272 g/mol. The summed E-state index contributed by atoms with van der Waals surface area (Å²) in [4.78, 5) is 12.6. The molecule has 116 valence electrons. The first kappa shape index (κ1) is 15.6. The normalized spacial score (nSPS) is 17.1. The van der Waals surface area contributed by atoms with E-state index in [2.05, 4.69) is 5.32 Å². The number of hydrogen-bond acceptors (Lipinski definition) is 5. The zero-order valence-corrected chi connectivity index (χ0v) is 12.5. The molecule has 1 aromatic carbocycles. The summed E-state index contributed by atoms with van der Waals surface area (Å²) in [7, 11) is 3.14. The maximum Gasteiger partial charge on any atom is 0.232 e. The van der Waals surface area contributed by atoms with Gasteiger partial charge in [-0.15, -0.1) is 0 Å². The molecule has 1 saturated heterocycles. The molecule has 0 unspecified atom stereocenters. The molecule has 0 radical (unpaired) electrons. The van der Waals surface area contributed by atoms with Crippen molar-refractivity contribution in [3.05, 3.63) is 18.2 Å². The lowest BCUT2D eigenvalue weighted by Crippen LogP contribution is -2.46.